The number of benzene rings is 1. The van der Waals surface area contributed by atoms with Crippen molar-refractivity contribution in [3.8, 4) is 17.3 Å². The van der Waals surface area contributed by atoms with Crippen LogP contribution in [-0.4, -0.2) is 77.5 Å². The van der Waals surface area contributed by atoms with Gasteiger partial charge in [-0.15, -0.1) is 0 Å². The maximum Gasteiger partial charge on any atom is 0.243 e. The molecule has 1 unspecified atom stereocenters. The summed E-state index contributed by atoms with van der Waals surface area (Å²) in [6, 6.07) is 3.62. The predicted octanol–water partition coefficient (Wildman–Crippen LogP) is 2.77. The number of nitrogens with one attached hydrogen (secondary N) is 2. The van der Waals surface area contributed by atoms with Crippen molar-refractivity contribution in [2.45, 2.75) is 39.2 Å². The van der Waals surface area contributed by atoms with Gasteiger partial charge in [0.1, 0.15) is 17.0 Å². The van der Waals surface area contributed by atoms with Crippen LogP contribution in [0.4, 0.5) is 5.69 Å². The van der Waals surface area contributed by atoms with E-state index in [0.717, 1.165) is 60.1 Å². The van der Waals surface area contributed by atoms with E-state index in [2.05, 4.69) is 27.0 Å². The number of H-pyrrole nitrogens is 2. The van der Waals surface area contributed by atoms with Crippen molar-refractivity contribution >= 4 is 22.6 Å². The Hall–Kier alpha value is -2.91. The van der Waals surface area contributed by atoms with Crippen molar-refractivity contribution in [1.82, 2.24) is 25.1 Å². The van der Waals surface area contributed by atoms with Crippen molar-refractivity contribution < 1.29 is 14.3 Å². The number of fused-ring (bicyclic) bond motifs is 3. The first kappa shape index (κ1) is 21.6. The minimum atomic E-state index is -0.225. The first-order valence-electron chi connectivity index (χ1n) is 12.1. The van der Waals surface area contributed by atoms with E-state index in [1.165, 1.54) is 17.7 Å². The van der Waals surface area contributed by atoms with Crippen molar-refractivity contribution in [3.05, 3.63) is 23.4 Å². The fourth-order valence-electron chi connectivity index (χ4n) is 5.71. The van der Waals surface area contributed by atoms with Gasteiger partial charge in [0.05, 0.1) is 31.9 Å². The summed E-state index contributed by atoms with van der Waals surface area (Å²) in [6.45, 7) is 7.18. The fraction of sp³-hybridized carbons (Fsp3) is 0.560. The number of methoxy groups -OCH3 is 1. The van der Waals surface area contributed by atoms with E-state index in [4.69, 9.17) is 14.5 Å². The number of morpholine rings is 1. The van der Waals surface area contributed by atoms with Crippen LogP contribution in [0.1, 0.15) is 31.5 Å². The van der Waals surface area contributed by atoms with E-state index < -0.39 is 0 Å². The number of nitrogens with zero attached hydrogens (tertiary/aromatic N) is 4. The van der Waals surface area contributed by atoms with E-state index in [-0.39, 0.29) is 11.9 Å². The average Bonchev–Trinajstić information content (AvgIpc) is 3.15. The average molecular weight is 465 g/mol. The van der Waals surface area contributed by atoms with Crippen molar-refractivity contribution in [2.75, 3.05) is 45.4 Å². The molecule has 9 nitrogen and oxygen atoms in total. The number of hydrogen-bond donors (Lipinski definition) is 2. The van der Waals surface area contributed by atoms with Gasteiger partial charge in [-0.1, -0.05) is 6.92 Å². The van der Waals surface area contributed by atoms with E-state index in [1.54, 1.807) is 12.0 Å². The van der Waals surface area contributed by atoms with Gasteiger partial charge in [-0.2, -0.15) is 5.10 Å². The van der Waals surface area contributed by atoms with Gasteiger partial charge in [0.15, 0.2) is 5.82 Å². The molecule has 0 bridgehead atoms. The Morgan fingerprint density at radius 3 is 2.91 bits per heavy atom. The SMILES string of the molecule is COc1cc(N(C)C(=O)C(C)N2CCOCC2)cc2[nH]c(-c3n[nH]c4c3C[C@@H]3C[C@]3(C)C4)nc12. The molecule has 2 N–H and O–H groups in total. The Labute approximate surface area is 198 Å². The van der Waals surface area contributed by atoms with Crippen LogP contribution < -0.4 is 9.64 Å². The molecule has 1 aromatic carbocycles. The van der Waals surface area contributed by atoms with Crippen LogP contribution in [0.25, 0.3) is 22.6 Å². The van der Waals surface area contributed by atoms with Crippen LogP contribution in [0.5, 0.6) is 5.75 Å². The predicted molar refractivity (Wildman–Crippen MR) is 129 cm³/mol. The third-order valence-corrected chi connectivity index (χ3v) is 8.17. The van der Waals surface area contributed by atoms with Gasteiger partial charge in [-0.25, -0.2) is 4.98 Å². The molecule has 6 rings (SSSR count). The van der Waals surface area contributed by atoms with E-state index in [1.807, 2.05) is 26.1 Å². The highest BCUT2D eigenvalue weighted by atomic mass is 16.5. The molecular weight excluding hydrogens is 432 g/mol. The molecule has 1 saturated carbocycles. The number of amides is 1. The highest BCUT2D eigenvalue weighted by Gasteiger charge is 2.53. The number of likely N-dealkylation sites (N-methyl/N-ethyl adjacent to an activating group) is 1. The molecule has 1 aliphatic heterocycles. The molecule has 2 fully saturated rings. The normalized spacial score (nSPS) is 25.0. The molecule has 0 spiro atoms. The number of anilines is 1. The maximum absolute atomic E-state index is 13.3. The van der Waals surface area contributed by atoms with Crippen LogP contribution in [0.15, 0.2) is 12.1 Å². The lowest BCUT2D eigenvalue weighted by molar-refractivity contribution is -0.124. The van der Waals surface area contributed by atoms with Crippen LogP contribution in [0.3, 0.4) is 0 Å². The van der Waals surface area contributed by atoms with Gasteiger partial charge in [-0.3, -0.25) is 14.8 Å². The summed E-state index contributed by atoms with van der Waals surface area (Å²) in [6.07, 6.45) is 3.39. The largest absolute Gasteiger partial charge is 0.494 e. The number of hydrogen-bond acceptors (Lipinski definition) is 6. The summed E-state index contributed by atoms with van der Waals surface area (Å²) in [5.41, 5.74) is 6.19. The molecule has 2 aliphatic carbocycles. The second-order valence-electron chi connectivity index (χ2n) is 10.3. The molecule has 3 atom stereocenters. The highest BCUT2D eigenvalue weighted by Crippen LogP contribution is 2.59. The quantitative estimate of drug-likeness (QED) is 0.602. The van der Waals surface area contributed by atoms with Crippen LogP contribution >= 0.6 is 0 Å². The zero-order chi connectivity index (χ0) is 23.6. The Kier molecular flexibility index (Phi) is 4.97. The Morgan fingerprint density at radius 2 is 2.15 bits per heavy atom. The lowest BCUT2D eigenvalue weighted by Crippen LogP contribution is -2.50. The Balaban J connectivity index is 1.32. The molecule has 180 valence electrons. The van der Waals surface area contributed by atoms with Gasteiger partial charge in [0.25, 0.3) is 0 Å². The first-order valence-corrected chi connectivity index (χ1v) is 12.1. The Bertz CT molecular complexity index is 1260. The van der Waals surface area contributed by atoms with Gasteiger partial charge >= 0.3 is 0 Å². The van der Waals surface area contributed by atoms with E-state index >= 15 is 0 Å². The number of aromatic amines is 2. The zero-order valence-electron chi connectivity index (χ0n) is 20.3. The van der Waals surface area contributed by atoms with Crippen LogP contribution in [0, 0.1) is 11.3 Å². The van der Waals surface area contributed by atoms with Gasteiger partial charge in [0.2, 0.25) is 5.91 Å². The highest BCUT2D eigenvalue weighted by molar-refractivity contribution is 5.99. The summed E-state index contributed by atoms with van der Waals surface area (Å²) in [5, 5.41) is 7.89. The lowest BCUT2D eigenvalue weighted by Gasteiger charge is -2.33. The summed E-state index contributed by atoms with van der Waals surface area (Å²) in [4.78, 5) is 25.4. The van der Waals surface area contributed by atoms with Crippen molar-refractivity contribution in [3.63, 3.8) is 0 Å². The van der Waals surface area contributed by atoms with E-state index in [9.17, 15) is 4.79 Å². The number of aromatic nitrogens is 4. The fourth-order valence-corrected chi connectivity index (χ4v) is 5.71. The standard InChI is InChI=1S/C25H32N6O3/c1-14(31-5-7-34-8-6-31)24(32)30(3)16-10-18-22(20(11-16)33-4)27-23(26-18)21-17-9-15-12-25(15,2)13-19(17)28-29-21/h10-11,14-15H,5-9,12-13H2,1-4H3,(H,26,27)(H,28,29)/t14?,15-,25-/m1/s1. The molecule has 3 aliphatic rings. The maximum atomic E-state index is 13.3. The molecule has 3 heterocycles. The smallest absolute Gasteiger partial charge is 0.243 e. The summed E-state index contributed by atoms with van der Waals surface area (Å²) in [5.74, 6) is 2.16. The first-order chi connectivity index (χ1) is 16.4. The molecule has 2 aromatic heterocycles. The molecule has 9 heteroatoms. The monoisotopic (exact) mass is 464 g/mol. The van der Waals surface area contributed by atoms with Crippen molar-refractivity contribution in [1.29, 1.82) is 0 Å². The molecule has 1 amide bonds. The minimum Gasteiger partial charge on any atom is -0.494 e. The molecule has 3 aromatic rings. The number of rotatable bonds is 5. The van der Waals surface area contributed by atoms with Crippen LogP contribution in [-0.2, 0) is 22.4 Å². The summed E-state index contributed by atoms with van der Waals surface area (Å²) in [7, 11) is 3.45. The second kappa shape index (κ2) is 7.81. The number of carbonyl (C=O) groups excluding carboxylic acids is 1. The minimum absolute atomic E-state index is 0.0388. The summed E-state index contributed by atoms with van der Waals surface area (Å²) >= 11 is 0. The van der Waals surface area contributed by atoms with E-state index in [0.29, 0.717) is 24.4 Å². The van der Waals surface area contributed by atoms with Gasteiger partial charge < -0.3 is 19.4 Å². The Morgan fingerprint density at radius 1 is 1.35 bits per heavy atom. The molecule has 0 radical (unpaired) electrons. The number of ether oxygens (including phenoxy) is 2. The topological polar surface area (TPSA) is 99.4 Å². The lowest BCUT2D eigenvalue weighted by atomic mass is 9.88. The van der Waals surface area contributed by atoms with Gasteiger partial charge in [-0.05, 0) is 43.6 Å². The number of imidazole rings is 1. The third-order valence-electron chi connectivity index (χ3n) is 8.17. The molecular formula is C25H32N6O3. The third kappa shape index (κ3) is 3.41. The zero-order valence-corrected chi connectivity index (χ0v) is 20.3. The number of carbonyl (C=O) groups is 1. The molecule has 34 heavy (non-hydrogen) atoms. The van der Waals surface area contributed by atoms with Crippen LogP contribution in [0.2, 0.25) is 0 Å². The second-order valence-corrected chi connectivity index (χ2v) is 10.3. The van der Waals surface area contributed by atoms with Crippen molar-refractivity contribution in [2.24, 2.45) is 11.3 Å². The molecule has 1 saturated heterocycles. The summed E-state index contributed by atoms with van der Waals surface area (Å²) < 4.78 is 11.1. The van der Waals surface area contributed by atoms with Gasteiger partial charge in [0, 0.05) is 43.1 Å².